The van der Waals surface area contributed by atoms with Crippen LogP contribution < -0.4 is 9.64 Å². The number of anilines is 1. The van der Waals surface area contributed by atoms with Crippen molar-refractivity contribution in [2.24, 2.45) is 0 Å². The zero-order valence-corrected chi connectivity index (χ0v) is 15.9. The Labute approximate surface area is 164 Å². The molecule has 0 N–H and O–H groups in total. The quantitative estimate of drug-likeness (QED) is 0.694. The fourth-order valence-corrected chi connectivity index (χ4v) is 3.23. The molecule has 1 aliphatic heterocycles. The van der Waals surface area contributed by atoms with Crippen LogP contribution >= 0.6 is 12.4 Å². The summed E-state index contributed by atoms with van der Waals surface area (Å²) in [6.07, 6.45) is 0. The Bertz CT molecular complexity index is 925. The Hall–Kier alpha value is -2.86. The molecule has 1 fully saturated rings. The number of amides is 1. The maximum absolute atomic E-state index is 12.8. The number of fused-ring (bicyclic) bond motifs is 1. The number of hydrogen-bond donors (Lipinski definition) is 0. The number of aromatic nitrogens is 2. The molecule has 2 aromatic carbocycles. The lowest BCUT2D eigenvalue weighted by atomic mass is 10.1. The molecule has 140 valence electrons. The van der Waals surface area contributed by atoms with Crippen molar-refractivity contribution in [2.75, 3.05) is 38.2 Å². The molecule has 1 aliphatic rings. The summed E-state index contributed by atoms with van der Waals surface area (Å²) >= 11 is 0. The molecular formula is C20H21ClN4O2. The molecular weight excluding hydrogens is 364 g/mol. The van der Waals surface area contributed by atoms with Gasteiger partial charge in [0.25, 0.3) is 5.91 Å². The lowest BCUT2D eigenvalue weighted by molar-refractivity contribution is 0.0746. The second-order valence-electron chi connectivity index (χ2n) is 6.28. The molecule has 1 saturated heterocycles. The number of piperazine rings is 1. The van der Waals surface area contributed by atoms with Crippen LogP contribution in [-0.2, 0) is 0 Å². The van der Waals surface area contributed by atoms with E-state index in [1.165, 1.54) is 0 Å². The zero-order chi connectivity index (χ0) is 17.9. The number of carbonyl (C=O) groups is 1. The maximum atomic E-state index is 12.8. The highest BCUT2D eigenvalue weighted by Crippen LogP contribution is 2.19. The summed E-state index contributed by atoms with van der Waals surface area (Å²) in [5.41, 5.74) is 0.737. The summed E-state index contributed by atoms with van der Waals surface area (Å²) < 4.78 is 5.04. The molecule has 2 heterocycles. The number of rotatable bonds is 3. The molecule has 0 aliphatic carbocycles. The van der Waals surface area contributed by atoms with E-state index in [2.05, 4.69) is 21.2 Å². The van der Waals surface area contributed by atoms with Crippen molar-refractivity contribution in [2.45, 2.75) is 0 Å². The van der Waals surface area contributed by atoms with E-state index < -0.39 is 0 Å². The lowest BCUT2D eigenvalue weighted by Crippen LogP contribution is -2.49. The molecule has 1 aromatic heterocycles. The van der Waals surface area contributed by atoms with Crippen LogP contribution in [0.15, 0.2) is 54.6 Å². The highest BCUT2D eigenvalue weighted by atomic mass is 35.5. The van der Waals surface area contributed by atoms with E-state index in [9.17, 15) is 4.79 Å². The highest BCUT2D eigenvalue weighted by Gasteiger charge is 2.23. The van der Waals surface area contributed by atoms with Crippen molar-refractivity contribution < 1.29 is 9.53 Å². The fraction of sp³-hybridized carbons (Fsp3) is 0.250. The SMILES string of the molecule is COc1ccc(N2CCN(C(=O)c3ccc4ccccc4c3)CC2)nn1.Cl. The average Bonchev–Trinajstić information content (AvgIpc) is 2.73. The highest BCUT2D eigenvalue weighted by molar-refractivity contribution is 5.98. The molecule has 0 unspecified atom stereocenters. The van der Waals surface area contributed by atoms with Crippen LogP contribution in [0.1, 0.15) is 10.4 Å². The molecule has 6 nitrogen and oxygen atoms in total. The van der Waals surface area contributed by atoms with Crippen LogP contribution in [0.2, 0.25) is 0 Å². The molecule has 0 atom stereocenters. The van der Waals surface area contributed by atoms with Gasteiger partial charge >= 0.3 is 0 Å². The number of halogens is 1. The number of nitrogens with zero attached hydrogens (tertiary/aromatic N) is 4. The van der Waals surface area contributed by atoms with Crippen molar-refractivity contribution in [3.63, 3.8) is 0 Å². The minimum atomic E-state index is 0. The van der Waals surface area contributed by atoms with E-state index in [1.807, 2.05) is 47.4 Å². The maximum Gasteiger partial charge on any atom is 0.253 e. The first-order valence-corrected chi connectivity index (χ1v) is 8.65. The molecule has 0 bridgehead atoms. The van der Waals surface area contributed by atoms with E-state index in [0.717, 1.165) is 35.2 Å². The Morgan fingerprint density at radius 1 is 0.926 bits per heavy atom. The zero-order valence-electron chi connectivity index (χ0n) is 15.0. The predicted octanol–water partition coefficient (Wildman–Crippen LogP) is 3.02. The largest absolute Gasteiger partial charge is 0.480 e. The summed E-state index contributed by atoms with van der Waals surface area (Å²) in [6.45, 7) is 2.80. The summed E-state index contributed by atoms with van der Waals surface area (Å²) in [7, 11) is 1.57. The van der Waals surface area contributed by atoms with Crippen molar-refractivity contribution in [3.8, 4) is 5.88 Å². The first-order valence-electron chi connectivity index (χ1n) is 8.65. The number of benzene rings is 2. The molecule has 7 heteroatoms. The Kier molecular flexibility index (Phi) is 5.76. The molecule has 1 amide bonds. The molecule has 0 spiro atoms. The topological polar surface area (TPSA) is 58.6 Å². The number of methoxy groups -OCH3 is 1. The van der Waals surface area contributed by atoms with Crippen molar-refractivity contribution in [3.05, 3.63) is 60.2 Å². The minimum Gasteiger partial charge on any atom is -0.480 e. The van der Waals surface area contributed by atoms with Gasteiger partial charge in [-0.25, -0.2) is 0 Å². The predicted molar refractivity (Wildman–Crippen MR) is 108 cm³/mol. The van der Waals surface area contributed by atoms with Gasteiger partial charge in [-0.1, -0.05) is 30.3 Å². The Balaban J connectivity index is 0.00000210. The Morgan fingerprint density at radius 2 is 1.67 bits per heavy atom. The van der Waals surface area contributed by atoms with Gasteiger partial charge < -0.3 is 14.5 Å². The standard InChI is InChI=1S/C20H20N4O2.ClH/c1-26-19-9-8-18(21-22-19)23-10-12-24(13-11-23)20(25)17-7-6-15-4-2-3-5-16(15)14-17;/h2-9,14H,10-13H2,1H3;1H. The van der Waals surface area contributed by atoms with E-state index >= 15 is 0 Å². The Morgan fingerprint density at radius 3 is 2.33 bits per heavy atom. The van der Waals surface area contributed by atoms with E-state index in [1.54, 1.807) is 13.2 Å². The van der Waals surface area contributed by atoms with Gasteiger partial charge in [0.15, 0.2) is 5.82 Å². The van der Waals surface area contributed by atoms with E-state index in [4.69, 9.17) is 4.74 Å². The van der Waals surface area contributed by atoms with Gasteiger partial charge in [-0.3, -0.25) is 4.79 Å². The molecule has 27 heavy (non-hydrogen) atoms. The number of ether oxygens (including phenoxy) is 1. The third kappa shape index (κ3) is 3.95. The van der Waals surface area contributed by atoms with Gasteiger partial charge in [-0.05, 0) is 29.0 Å². The van der Waals surface area contributed by atoms with Gasteiger partial charge in [0.05, 0.1) is 7.11 Å². The minimum absolute atomic E-state index is 0. The summed E-state index contributed by atoms with van der Waals surface area (Å²) in [5.74, 6) is 1.39. The fourth-order valence-electron chi connectivity index (χ4n) is 3.23. The third-order valence-electron chi connectivity index (χ3n) is 4.72. The number of hydrogen-bond acceptors (Lipinski definition) is 5. The summed E-state index contributed by atoms with van der Waals surface area (Å²) in [5, 5.41) is 10.4. The van der Waals surface area contributed by atoms with Crippen molar-refractivity contribution in [1.29, 1.82) is 0 Å². The van der Waals surface area contributed by atoms with E-state index in [-0.39, 0.29) is 18.3 Å². The monoisotopic (exact) mass is 384 g/mol. The van der Waals surface area contributed by atoms with Gasteiger partial charge in [0.2, 0.25) is 5.88 Å². The molecule has 0 saturated carbocycles. The first-order chi connectivity index (χ1) is 12.7. The second-order valence-corrected chi connectivity index (χ2v) is 6.28. The van der Waals surface area contributed by atoms with E-state index in [0.29, 0.717) is 19.0 Å². The van der Waals surface area contributed by atoms with Crippen molar-refractivity contribution >= 4 is 34.9 Å². The summed E-state index contributed by atoms with van der Waals surface area (Å²) in [6, 6.07) is 17.7. The van der Waals surface area contributed by atoms with Crippen LogP contribution in [-0.4, -0.2) is 54.3 Å². The molecule has 4 rings (SSSR count). The number of carbonyl (C=O) groups excluding carboxylic acids is 1. The summed E-state index contributed by atoms with van der Waals surface area (Å²) in [4.78, 5) is 16.9. The van der Waals surface area contributed by atoms with Gasteiger partial charge in [-0.15, -0.1) is 22.6 Å². The first kappa shape index (κ1) is 18.9. The van der Waals surface area contributed by atoms with Gasteiger partial charge in [-0.2, -0.15) is 0 Å². The molecule has 3 aromatic rings. The van der Waals surface area contributed by atoms with Crippen LogP contribution in [0.25, 0.3) is 10.8 Å². The lowest BCUT2D eigenvalue weighted by Gasteiger charge is -2.35. The van der Waals surface area contributed by atoms with Crippen LogP contribution in [0.3, 0.4) is 0 Å². The van der Waals surface area contributed by atoms with Crippen LogP contribution in [0.5, 0.6) is 5.88 Å². The third-order valence-corrected chi connectivity index (χ3v) is 4.72. The normalized spacial score (nSPS) is 14.0. The van der Waals surface area contributed by atoms with Gasteiger partial charge in [0.1, 0.15) is 0 Å². The van der Waals surface area contributed by atoms with Crippen LogP contribution in [0, 0.1) is 0 Å². The average molecular weight is 385 g/mol. The molecule has 0 radical (unpaired) electrons. The smallest absolute Gasteiger partial charge is 0.253 e. The van der Waals surface area contributed by atoms with Crippen molar-refractivity contribution in [1.82, 2.24) is 15.1 Å². The second kappa shape index (κ2) is 8.22. The van der Waals surface area contributed by atoms with Crippen LogP contribution in [0.4, 0.5) is 5.82 Å². The van der Waals surface area contributed by atoms with Gasteiger partial charge in [0, 0.05) is 37.8 Å².